The highest BCUT2D eigenvalue weighted by molar-refractivity contribution is 7.10. The maximum atomic E-state index is 12.3. The molecule has 1 unspecified atom stereocenters. The number of hydrogen-bond donors (Lipinski definition) is 2. The van der Waals surface area contributed by atoms with Crippen LogP contribution in [0.4, 0.5) is 0 Å². The van der Waals surface area contributed by atoms with E-state index in [4.69, 9.17) is 5.73 Å². The molecule has 1 fully saturated rings. The van der Waals surface area contributed by atoms with Gasteiger partial charge >= 0.3 is 0 Å². The lowest BCUT2D eigenvalue weighted by molar-refractivity contribution is -0.126. The normalized spacial score (nSPS) is 23.7. The van der Waals surface area contributed by atoms with Gasteiger partial charge in [-0.2, -0.15) is 0 Å². The monoisotopic (exact) mass is 302 g/mol. The van der Waals surface area contributed by atoms with Crippen LogP contribution in [0.25, 0.3) is 0 Å². The van der Waals surface area contributed by atoms with E-state index in [1.54, 1.807) is 11.3 Å². The molecular formula is C14H23ClN2OS. The second kappa shape index (κ2) is 7.88. The fraction of sp³-hybridized carbons (Fsp3) is 0.643. The number of hydrogen-bond acceptors (Lipinski definition) is 3. The molecule has 19 heavy (non-hydrogen) atoms. The molecule has 0 spiro atoms. The van der Waals surface area contributed by atoms with Gasteiger partial charge in [-0.25, -0.2) is 0 Å². The minimum Gasteiger partial charge on any atom is -0.348 e. The van der Waals surface area contributed by atoms with Crippen molar-refractivity contribution in [2.24, 2.45) is 17.6 Å². The molecule has 3 N–H and O–H groups in total. The van der Waals surface area contributed by atoms with E-state index in [1.807, 2.05) is 6.07 Å². The van der Waals surface area contributed by atoms with Gasteiger partial charge in [-0.3, -0.25) is 4.79 Å². The Morgan fingerprint density at radius 2 is 2.37 bits per heavy atom. The van der Waals surface area contributed by atoms with Gasteiger partial charge in [-0.15, -0.1) is 23.7 Å². The average molecular weight is 303 g/mol. The first kappa shape index (κ1) is 16.5. The summed E-state index contributed by atoms with van der Waals surface area (Å²) in [5.41, 5.74) is 5.74. The van der Waals surface area contributed by atoms with Crippen molar-refractivity contribution < 1.29 is 4.79 Å². The van der Waals surface area contributed by atoms with Crippen LogP contribution in [-0.4, -0.2) is 12.5 Å². The molecular weight excluding hydrogens is 280 g/mol. The maximum Gasteiger partial charge on any atom is 0.223 e. The third-order valence-corrected chi connectivity index (χ3v) is 4.90. The second-order valence-corrected chi connectivity index (χ2v) is 6.00. The molecule has 1 aromatic heterocycles. The lowest BCUT2D eigenvalue weighted by atomic mass is 9.95. The van der Waals surface area contributed by atoms with Crippen molar-refractivity contribution in [2.75, 3.05) is 6.54 Å². The molecule has 0 aliphatic heterocycles. The molecule has 3 atom stereocenters. The van der Waals surface area contributed by atoms with Crippen molar-refractivity contribution in [1.82, 2.24) is 5.32 Å². The van der Waals surface area contributed by atoms with Gasteiger partial charge < -0.3 is 11.1 Å². The molecule has 108 valence electrons. The number of nitrogens with one attached hydrogen (secondary N) is 1. The Morgan fingerprint density at radius 1 is 1.58 bits per heavy atom. The van der Waals surface area contributed by atoms with Gasteiger partial charge in [0.2, 0.25) is 5.91 Å². The van der Waals surface area contributed by atoms with Crippen LogP contribution in [0.1, 0.15) is 43.5 Å². The topological polar surface area (TPSA) is 55.1 Å². The predicted octanol–water partition coefficient (Wildman–Crippen LogP) is 3.11. The Bertz CT molecular complexity index is 383. The summed E-state index contributed by atoms with van der Waals surface area (Å²) in [7, 11) is 0. The van der Waals surface area contributed by atoms with Crippen molar-refractivity contribution in [3.05, 3.63) is 22.4 Å². The number of carbonyl (C=O) groups is 1. The Morgan fingerprint density at radius 3 is 2.95 bits per heavy atom. The minimum atomic E-state index is 0. The third-order valence-electron chi connectivity index (χ3n) is 3.91. The van der Waals surface area contributed by atoms with Crippen LogP contribution >= 0.6 is 23.7 Å². The summed E-state index contributed by atoms with van der Waals surface area (Å²) in [6, 6.07) is 4.29. The highest BCUT2D eigenvalue weighted by Crippen LogP contribution is 2.32. The molecule has 0 aromatic carbocycles. The van der Waals surface area contributed by atoms with Gasteiger partial charge in [0.05, 0.1) is 6.04 Å². The van der Waals surface area contributed by atoms with Crippen molar-refractivity contribution in [1.29, 1.82) is 0 Å². The predicted molar refractivity (Wildman–Crippen MR) is 82.6 cm³/mol. The standard InChI is InChI=1S/C14H22N2OS.ClH/c1-2-12(13-7-4-8-18-13)16-14(17)11-6-3-5-10(11)9-15;/h4,7-8,10-12H,2-3,5-6,9,15H2,1H3,(H,16,17);1H/t10-,11-,12?;/m1./s1. The zero-order valence-electron chi connectivity index (χ0n) is 11.3. The third kappa shape index (κ3) is 3.94. The van der Waals surface area contributed by atoms with Crippen molar-refractivity contribution in [3.63, 3.8) is 0 Å². The van der Waals surface area contributed by atoms with E-state index in [9.17, 15) is 4.79 Å². The highest BCUT2D eigenvalue weighted by Gasteiger charge is 2.32. The van der Waals surface area contributed by atoms with E-state index >= 15 is 0 Å². The van der Waals surface area contributed by atoms with Crippen molar-refractivity contribution in [3.8, 4) is 0 Å². The molecule has 0 saturated heterocycles. The van der Waals surface area contributed by atoms with E-state index in [2.05, 4.69) is 23.7 Å². The number of rotatable bonds is 5. The average Bonchev–Trinajstić information content (AvgIpc) is 3.05. The van der Waals surface area contributed by atoms with Gasteiger partial charge in [-0.05, 0) is 43.2 Å². The summed E-state index contributed by atoms with van der Waals surface area (Å²) < 4.78 is 0. The van der Waals surface area contributed by atoms with E-state index in [0.29, 0.717) is 12.5 Å². The second-order valence-electron chi connectivity index (χ2n) is 5.02. The summed E-state index contributed by atoms with van der Waals surface area (Å²) in [5.74, 6) is 0.707. The van der Waals surface area contributed by atoms with Gasteiger partial charge in [-0.1, -0.05) is 19.4 Å². The first-order chi connectivity index (χ1) is 8.76. The Kier molecular flexibility index (Phi) is 6.83. The lowest BCUT2D eigenvalue weighted by Crippen LogP contribution is -2.36. The quantitative estimate of drug-likeness (QED) is 0.878. The Balaban J connectivity index is 0.00000180. The largest absolute Gasteiger partial charge is 0.348 e. The van der Waals surface area contributed by atoms with Crippen LogP contribution in [0.5, 0.6) is 0 Å². The maximum absolute atomic E-state index is 12.3. The van der Waals surface area contributed by atoms with E-state index in [1.165, 1.54) is 4.88 Å². The molecule has 1 aliphatic rings. The van der Waals surface area contributed by atoms with Gasteiger partial charge in [0.25, 0.3) is 0 Å². The fourth-order valence-electron chi connectivity index (χ4n) is 2.81. The first-order valence-corrected chi connectivity index (χ1v) is 7.68. The van der Waals surface area contributed by atoms with Crippen molar-refractivity contribution >= 4 is 29.7 Å². The van der Waals surface area contributed by atoms with Crippen LogP contribution in [-0.2, 0) is 4.79 Å². The molecule has 1 amide bonds. The van der Waals surface area contributed by atoms with Gasteiger partial charge in [0.1, 0.15) is 0 Å². The summed E-state index contributed by atoms with van der Waals surface area (Å²) in [6.45, 7) is 2.74. The summed E-state index contributed by atoms with van der Waals surface area (Å²) in [5, 5.41) is 5.25. The van der Waals surface area contributed by atoms with E-state index in [-0.39, 0.29) is 30.3 Å². The molecule has 1 saturated carbocycles. The highest BCUT2D eigenvalue weighted by atomic mass is 35.5. The molecule has 3 nitrogen and oxygen atoms in total. The number of nitrogens with two attached hydrogens (primary N) is 1. The zero-order chi connectivity index (χ0) is 13.0. The first-order valence-electron chi connectivity index (χ1n) is 6.80. The molecule has 5 heteroatoms. The van der Waals surface area contributed by atoms with E-state index < -0.39 is 0 Å². The van der Waals surface area contributed by atoms with E-state index in [0.717, 1.165) is 25.7 Å². The summed E-state index contributed by atoms with van der Waals surface area (Å²) in [6.07, 6.45) is 4.17. The Labute approximate surface area is 125 Å². The fourth-order valence-corrected chi connectivity index (χ4v) is 3.67. The van der Waals surface area contributed by atoms with Crippen LogP contribution in [0.15, 0.2) is 17.5 Å². The van der Waals surface area contributed by atoms with Crippen LogP contribution < -0.4 is 11.1 Å². The number of thiophene rings is 1. The smallest absolute Gasteiger partial charge is 0.223 e. The molecule has 1 aromatic rings. The number of halogens is 1. The number of amides is 1. The SMILES string of the molecule is CCC(NC(=O)[C@@H]1CCC[C@@H]1CN)c1cccs1.Cl. The minimum absolute atomic E-state index is 0. The number of carbonyl (C=O) groups excluding carboxylic acids is 1. The van der Waals surface area contributed by atoms with Crippen LogP contribution in [0, 0.1) is 11.8 Å². The molecule has 2 rings (SSSR count). The molecule has 1 aliphatic carbocycles. The Hall–Kier alpha value is -0.580. The van der Waals surface area contributed by atoms with Gasteiger partial charge in [0.15, 0.2) is 0 Å². The van der Waals surface area contributed by atoms with Crippen LogP contribution in [0.3, 0.4) is 0 Å². The van der Waals surface area contributed by atoms with Crippen LogP contribution in [0.2, 0.25) is 0 Å². The zero-order valence-corrected chi connectivity index (χ0v) is 12.9. The molecule has 1 heterocycles. The van der Waals surface area contributed by atoms with Crippen molar-refractivity contribution in [2.45, 2.75) is 38.6 Å². The lowest BCUT2D eigenvalue weighted by Gasteiger charge is -2.21. The van der Waals surface area contributed by atoms with Gasteiger partial charge in [0, 0.05) is 10.8 Å². The summed E-state index contributed by atoms with van der Waals surface area (Å²) in [4.78, 5) is 13.6. The molecule has 0 bridgehead atoms. The summed E-state index contributed by atoms with van der Waals surface area (Å²) >= 11 is 1.71. The molecule has 0 radical (unpaired) electrons.